The van der Waals surface area contributed by atoms with Crippen molar-refractivity contribution in [3.05, 3.63) is 150 Å². The molecule has 0 aliphatic rings. The highest BCUT2D eigenvalue weighted by molar-refractivity contribution is 6.20. The van der Waals surface area contributed by atoms with Gasteiger partial charge in [-0.15, -0.1) is 0 Å². The minimum atomic E-state index is -0.312. The Labute approximate surface area is 352 Å². The van der Waals surface area contributed by atoms with E-state index in [0.717, 1.165) is 72.2 Å². The smallest absolute Gasteiger partial charge is 0.149 e. The third-order valence-corrected chi connectivity index (χ3v) is 12.6. The van der Waals surface area contributed by atoms with E-state index in [0.29, 0.717) is 5.82 Å². The third-order valence-electron chi connectivity index (χ3n) is 12.6. The van der Waals surface area contributed by atoms with Crippen LogP contribution in [0.4, 0.5) is 0 Å². The van der Waals surface area contributed by atoms with E-state index in [9.17, 15) is 5.11 Å². The number of phenolic OH excluding ortho intramolecular Hbond substituents is 1. The van der Waals surface area contributed by atoms with Crippen molar-refractivity contribution in [2.75, 3.05) is 0 Å². The Balaban J connectivity index is 1.33. The highest BCUT2D eigenvalue weighted by Gasteiger charge is 2.30. The molecule has 0 fully saturated rings. The molecule has 10 rings (SSSR count). The van der Waals surface area contributed by atoms with Gasteiger partial charge in [0.1, 0.15) is 17.2 Å². The van der Waals surface area contributed by atoms with Crippen molar-refractivity contribution in [3.8, 4) is 45.1 Å². The van der Waals surface area contributed by atoms with E-state index in [-0.39, 0.29) is 22.0 Å². The Morgan fingerprint density at radius 2 is 1.32 bits per heavy atom. The molecular weight excluding hydrogens is 733 g/mol. The summed E-state index contributed by atoms with van der Waals surface area (Å²) in [5.41, 5.74) is 15.1. The highest BCUT2D eigenvalue weighted by atomic mass is 16.3. The predicted octanol–water partition coefficient (Wildman–Crippen LogP) is 14.5. The minimum absolute atomic E-state index is 0.0631. The zero-order chi connectivity index (χ0) is 42.0. The number of para-hydroxylation sites is 2. The van der Waals surface area contributed by atoms with E-state index >= 15 is 0 Å². The summed E-state index contributed by atoms with van der Waals surface area (Å²) < 4.78 is 4.61. The molecule has 10 aromatic rings. The van der Waals surface area contributed by atoms with Gasteiger partial charge in [0.05, 0.1) is 27.8 Å². The van der Waals surface area contributed by atoms with Crippen molar-refractivity contribution >= 4 is 49.3 Å². The Morgan fingerprint density at radius 1 is 0.583 bits per heavy atom. The Bertz CT molecular complexity index is 3330. The number of imidazole rings is 1. The molecule has 0 spiro atoms. The van der Waals surface area contributed by atoms with Crippen LogP contribution in [0.5, 0.6) is 5.75 Å². The molecule has 5 heteroatoms. The molecule has 5 nitrogen and oxygen atoms in total. The average Bonchev–Trinajstić information content (AvgIpc) is 3.79. The molecule has 0 aliphatic carbocycles. The van der Waals surface area contributed by atoms with Crippen LogP contribution in [-0.2, 0) is 16.2 Å². The number of nitrogens with zero attached hydrogens (tertiary/aromatic N) is 4. The van der Waals surface area contributed by atoms with E-state index in [1.54, 1.807) is 0 Å². The molecule has 0 bridgehead atoms. The van der Waals surface area contributed by atoms with Gasteiger partial charge < -0.3 is 5.11 Å². The molecule has 0 unspecified atom stereocenters. The fraction of sp³-hybridized carbons (Fsp3) is 0.236. The lowest BCUT2D eigenvalue weighted by molar-refractivity contribution is 0.446. The molecule has 0 atom stereocenters. The summed E-state index contributed by atoms with van der Waals surface area (Å²) in [7, 11) is 0. The van der Waals surface area contributed by atoms with Crippen LogP contribution in [0.25, 0.3) is 88.6 Å². The highest BCUT2D eigenvalue weighted by Crippen LogP contribution is 2.46. The van der Waals surface area contributed by atoms with Gasteiger partial charge in [-0.2, -0.15) is 0 Å². The predicted molar refractivity (Wildman–Crippen MR) is 252 cm³/mol. The Hall–Kier alpha value is -6.46. The molecule has 1 N–H and O–H groups in total. The van der Waals surface area contributed by atoms with Gasteiger partial charge in [-0.1, -0.05) is 141 Å². The molecule has 0 saturated heterocycles. The summed E-state index contributed by atoms with van der Waals surface area (Å²) in [4.78, 5) is 10.7. The van der Waals surface area contributed by atoms with Crippen molar-refractivity contribution < 1.29 is 5.11 Å². The molecular formula is C55H52N4O. The fourth-order valence-corrected chi connectivity index (χ4v) is 9.35. The molecule has 6 aromatic carbocycles. The van der Waals surface area contributed by atoms with Gasteiger partial charge in [0.2, 0.25) is 0 Å². The second-order valence-corrected chi connectivity index (χ2v) is 19.8. The molecule has 298 valence electrons. The SMILES string of the molecule is Cc1cc(-c2cccc3c2nc(-c2cc(C(C)(C)C)cc(C(C)(C)C)c2O)n3-c2ccc(C(C)(C)C)cc2-c2ccccc2)cc2c1c1cccc3cc4ccnc2n4c31. The number of pyridine rings is 1. The second kappa shape index (κ2) is 13.0. The lowest BCUT2D eigenvalue weighted by Crippen LogP contribution is -2.17. The summed E-state index contributed by atoms with van der Waals surface area (Å²) in [5.74, 6) is 0.971. The summed E-state index contributed by atoms with van der Waals surface area (Å²) in [5, 5.41) is 17.3. The number of phenols is 1. The van der Waals surface area contributed by atoms with Crippen LogP contribution < -0.4 is 0 Å². The number of aryl methyl sites for hydroxylation is 1. The lowest BCUT2D eigenvalue weighted by Gasteiger charge is -2.28. The standard InChI is InChI=1S/C55H52N4O/c1-32-26-35(28-42-47(32)40-20-14-18-34-27-38-24-25-56-51(42)58(38)49(34)40)39-19-15-21-46-48(39)57-52(43-30-37(54(5,6)7)31-44(50(43)60)55(8,9)10)59(46)45-23-22-36(53(2,3)4)29-41(45)33-16-12-11-13-17-33/h11-31,60H,1-10H3. The van der Waals surface area contributed by atoms with Crippen molar-refractivity contribution in [1.82, 2.24) is 18.9 Å². The maximum absolute atomic E-state index is 12.5. The number of rotatable bonds is 4. The van der Waals surface area contributed by atoms with E-state index in [2.05, 4.69) is 200 Å². The summed E-state index contributed by atoms with van der Waals surface area (Å²) in [6.07, 6.45) is 1.92. The summed E-state index contributed by atoms with van der Waals surface area (Å²) in [6.45, 7) is 22.2. The minimum Gasteiger partial charge on any atom is -0.507 e. The Kier molecular flexibility index (Phi) is 8.20. The number of aromatic hydroxyl groups is 1. The third kappa shape index (κ3) is 5.81. The molecule has 60 heavy (non-hydrogen) atoms. The summed E-state index contributed by atoms with van der Waals surface area (Å²) in [6, 6.07) is 43.9. The van der Waals surface area contributed by atoms with Crippen LogP contribution in [0, 0.1) is 6.92 Å². The van der Waals surface area contributed by atoms with Gasteiger partial charge in [-0.3, -0.25) is 8.97 Å². The van der Waals surface area contributed by atoms with Crippen LogP contribution in [0.3, 0.4) is 0 Å². The molecule has 0 saturated carbocycles. The summed E-state index contributed by atoms with van der Waals surface area (Å²) >= 11 is 0. The lowest BCUT2D eigenvalue weighted by atomic mass is 9.79. The van der Waals surface area contributed by atoms with E-state index in [1.165, 1.54) is 32.8 Å². The van der Waals surface area contributed by atoms with Gasteiger partial charge in [-0.25, -0.2) is 9.97 Å². The maximum atomic E-state index is 12.5. The van der Waals surface area contributed by atoms with Crippen LogP contribution in [-0.4, -0.2) is 24.0 Å². The van der Waals surface area contributed by atoms with Crippen LogP contribution in [0.1, 0.15) is 84.6 Å². The van der Waals surface area contributed by atoms with Crippen molar-refractivity contribution in [3.63, 3.8) is 0 Å². The molecule has 0 amide bonds. The average molecular weight is 785 g/mol. The van der Waals surface area contributed by atoms with E-state index < -0.39 is 0 Å². The van der Waals surface area contributed by atoms with Crippen molar-refractivity contribution in [2.45, 2.75) is 85.5 Å². The zero-order valence-electron chi connectivity index (χ0n) is 36.4. The van der Waals surface area contributed by atoms with Crippen LogP contribution >= 0.6 is 0 Å². The number of hydrogen-bond acceptors (Lipinski definition) is 3. The van der Waals surface area contributed by atoms with E-state index in [1.807, 2.05) is 6.20 Å². The van der Waals surface area contributed by atoms with Gasteiger partial charge in [0.15, 0.2) is 0 Å². The number of aromatic nitrogens is 4. The topological polar surface area (TPSA) is 55.4 Å². The number of fused-ring (bicyclic) bond motifs is 4. The maximum Gasteiger partial charge on any atom is 0.149 e. The zero-order valence-corrected chi connectivity index (χ0v) is 36.4. The first kappa shape index (κ1) is 37.8. The van der Waals surface area contributed by atoms with Crippen molar-refractivity contribution in [2.24, 2.45) is 0 Å². The monoisotopic (exact) mass is 784 g/mol. The van der Waals surface area contributed by atoms with Gasteiger partial charge >= 0.3 is 0 Å². The number of benzene rings is 6. The van der Waals surface area contributed by atoms with Gasteiger partial charge in [0.25, 0.3) is 0 Å². The molecule has 0 aliphatic heterocycles. The molecule has 4 aromatic heterocycles. The first-order valence-corrected chi connectivity index (χ1v) is 21.1. The molecule has 0 radical (unpaired) electrons. The number of hydrogen-bond donors (Lipinski definition) is 1. The normalized spacial score (nSPS) is 12.9. The molecule has 4 heterocycles. The first-order valence-electron chi connectivity index (χ1n) is 21.1. The second-order valence-electron chi connectivity index (χ2n) is 19.8. The largest absolute Gasteiger partial charge is 0.507 e. The van der Waals surface area contributed by atoms with Crippen LogP contribution in [0.15, 0.2) is 128 Å². The fourth-order valence-electron chi connectivity index (χ4n) is 9.35. The van der Waals surface area contributed by atoms with E-state index in [4.69, 9.17) is 9.97 Å². The quantitative estimate of drug-likeness (QED) is 0.181. The Morgan fingerprint density at radius 3 is 2.05 bits per heavy atom. The van der Waals surface area contributed by atoms with Gasteiger partial charge in [0, 0.05) is 44.6 Å². The van der Waals surface area contributed by atoms with Gasteiger partial charge in [-0.05, 0) is 98.8 Å². The van der Waals surface area contributed by atoms with Crippen LogP contribution in [0.2, 0.25) is 0 Å². The van der Waals surface area contributed by atoms with Crippen molar-refractivity contribution in [1.29, 1.82) is 0 Å². The first-order chi connectivity index (χ1) is 28.5.